The summed E-state index contributed by atoms with van der Waals surface area (Å²) < 4.78 is 0. The molecule has 0 amide bonds. The van der Waals surface area contributed by atoms with Gasteiger partial charge in [0, 0.05) is 24.2 Å². The van der Waals surface area contributed by atoms with Crippen LogP contribution in [0.25, 0.3) is 0 Å². The molecule has 0 atom stereocenters. The molecular weight excluding hydrogens is 174 g/mol. The van der Waals surface area contributed by atoms with E-state index in [0.717, 1.165) is 24.2 Å². The van der Waals surface area contributed by atoms with Gasteiger partial charge in [-0.3, -0.25) is 4.79 Å². The van der Waals surface area contributed by atoms with Gasteiger partial charge in [0.15, 0.2) is 5.78 Å². The molecule has 1 N–H and O–H groups in total. The number of carbonyl (C=O) groups is 1. The maximum absolute atomic E-state index is 11.5. The van der Waals surface area contributed by atoms with Crippen LogP contribution in [0.3, 0.4) is 0 Å². The zero-order valence-electron chi connectivity index (χ0n) is 8.47. The summed E-state index contributed by atoms with van der Waals surface area (Å²) in [6.45, 7) is 2.92. The standard InChI is InChI=1S/C12H15NO/c1-2-12(14)10-6-5-9-4-3-7-13-11(9)8-10/h5-6,8,13H,2-4,7H2,1H3. The van der Waals surface area contributed by atoms with Gasteiger partial charge in [0.1, 0.15) is 0 Å². The summed E-state index contributed by atoms with van der Waals surface area (Å²) in [7, 11) is 0. The Kier molecular flexibility index (Phi) is 2.53. The molecule has 0 saturated heterocycles. The van der Waals surface area contributed by atoms with Crippen molar-refractivity contribution >= 4 is 11.5 Å². The van der Waals surface area contributed by atoms with Gasteiger partial charge in [-0.15, -0.1) is 0 Å². The number of nitrogens with one attached hydrogen (secondary N) is 1. The molecule has 0 radical (unpaired) electrons. The topological polar surface area (TPSA) is 29.1 Å². The highest BCUT2D eigenvalue weighted by atomic mass is 16.1. The number of anilines is 1. The summed E-state index contributed by atoms with van der Waals surface area (Å²) in [5, 5.41) is 3.33. The van der Waals surface area contributed by atoms with Crippen molar-refractivity contribution in [2.24, 2.45) is 0 Å². The third-order valence-corrected chi connectivity index (χ3v) is 2.69. The predicted octanol–water partition coefficient (Wildman–Crippen LogP) is 2.64. The Morgan fingerprint density at radius 3 is 3.14 bits per heavy atom. The van der Waals surface area contributed by atoms with Gasteiger partial charge in [-0.1, -0.05) is 19.1 Å². The van der Waals surface area contributed by atoms with Gasteiger partial charge in [-0.2, -0.15) is 0 Å². The lowest BCUT2D eigenvalue weighted by Crippen LogP contribution is -2.12. The van der Waals surface area contributed by atoms with Crippen molar-refractivity contribution in [3.8, 4) is 0 Å². The first-order chi connectivity index (χ1) is 6.81. The molecule has 0 fully saturated rings. The first-order valence-corrected chi connectivity index (χ1v) is 5.21. The summed E-state index contributed by atoms with van der Waals surface area (Å²) >= 11 is 0. The number of carbonyl (C=O) groups excluding carboxylic acids is 1. The Morgan fingerprint density at radius 1 is 1.50 bits per heavy atom. The van der Waals surface area contributed by atoms with Crippen molar-refractivity contribution in [1.29, 1.82) is 0 Å². The highest BCUT2D eigenvalue weighted by Crippen LogP contribution is 2.23. The lowest BCUT2D eigenvalue weighted by molar-refractivity contribution is 0.0988. The average molecular weight is 189 g/mol. The zero-order chi connectivity index (χ0) is 9.97. The van der Waals surface area contributed by atoms with Crippen molar-refractivity contribution in [3.05, 3.63) is 29.3 Å². The number of Topliss-reactive ketones (excluding diaryl/α,β-unsaturated/α-hetero) is 1. The van der Waals surface area contributed by atoms with E-state index in [4.69, 9.17) is 0 Å². The van der Waals surface area contributed by atoms with Crippen LogP contribution in [0.5, 0.6) is 0 Å². The number of hydrogen-bond donors (Lipinski definition) is 1. The fourth-order valence-corrected chi connectivity index (χ4v) is 1.84. The molecule has 0 bridgehead atoms. The van der Waals surface area contributed by atoms with E-state index in [2.05, 4.69) is 11.4 Å². The number of aryl methyl sites for hydroxylation is 1. The van der Waals surface area contributed by atoms with Crippen molar-refractivity contribution in [2.75, 3.05) is 11.9 Å². The van der Waals surface area contributed by atoms with Crippen LogP contribution in [0, 0.1) is 0 Å². The van der Waals surface area contributed by atoms with Crippen molar-refractivity contribution in [2.45, 2.75) is 26.2 Å². The first kappa shape index (κ1) is 9.25. The smallest absolute Gasteiger partial charge is 0.162 e. The predicted molar refractivity (Wildman–Crippen MR) is 57.9 cm³/mol. The van der Waals surface area contributed by atoms with Gasteiger partial charge in [0.25, 0.3) is 0 Å². The van der Waals surface area contributed by atoms with Gasteiger partial charge < -0.3 is 5.32 Å². The van der Waals surface area contributed by atoms with Gasteiger partial charge in [-0.25, -0.2) is 0 Å². The molecule has 2 rings (SSSR count). The quantitative estimate of drug-likeness (QED) is 0.724. The molecule has 1 heterocycles. The molecule has 0 unspecified atom stereocenters. The van der Waals surface area contributed by atoms with E-state index in [9.17, 15) is 4.79 Å². The fourth-order valence-electron chi connectivity index (χ4n) is 1.84. The van der Waals surface area contributed by atoms with E-state index in [0.29, 0.717) is 6.42 Å². The Labute approximate surface area is 84.3 Å². The van der Waals surface area contributed by atoms with Gasteiger partial charge in [-0.05, 0) is 24.5 Å². The minimum atomic E-state index is 0.222. The third-order valence-electron chi connectivity index (χ3n) is 2.69. The molecule has 1 aliphatic heterocycles. The minimum absolute atomic E-state index is 0.222. The highest BCUT2D eigenvalue weighted by Gasteiger charge is 2.10. The Morgan fingerprint density at radius 2 is 2.36 bits per heavy atom. The van der Waals surface area contributed by atoms with Crippen LogP contribution in [-0.4, -0.2) is 12.3 Å². The van der Waals surface area contributed by atoms with E-state index < -0.39 is 0 Å². The molecule has 0 aromatic heterocycles. The molecule has 2 nitrogen and oxygen atoms in total. The van der Waals surface area contributed by atoms with Crippen LogP contribution in [0.15, 0.2) is 18.2 Å². The van der Waals surface area contributed by atoms with Gasteiger partial charge in [0.2, 0.25) is 0 Å². The Hall–Kier alpha value is -1.31. The summed E-state index contributed by atoms with van der Waals surface area (Å²) in [6, 6.07) is 6.00. The maximum atomic E-state index is 11.5. The second-order valence-electron chi connectivity index (χ2n) is 3.68. The molecule has 0 aliphatic carbocycles. The lowest BCUT2D eigenvalue weighted by atomic mass is 9.99. The monoisotopic (exact) mass is 189 g/mol. The van der Waals surface area contributed by atoms with Gasteiger partial charge in [0.05, 0.1) is 0 Å². The summed E-state index contributed by atoms with van der Waals surface area (Å²) in [5.74, 6) is 0.222. The average Bonchev–Trinajstić information content (AvgIpc) is 2.27. The maximum Gasteiger partial charge on any atom is 0.162 e. The Balaban J connectivity index is 2.33. The molecule has 1 aromatic carbocycles. The number of benzene rings is 1. The zero-order valence-corrected chi connectivity index (χ0v) is 8.47. The summed E-state index contributed by atoms with van der Waals surface area (Å²) in [4.78, 5) is 11.5. The summed E-state index contributed by atoms with van der Waals surface area (Å²) in [5.41, 5.74) is 3.32. The largest absolute Gasteiger partial charge is 0.385 e. The second kappa shape index (κ2) is 3.82. The van der Waals surface area contributed by atoms with E-state index in [1.165, 1.54) is 12.0 Å². The van der Waals surface area contributed by atoms with E-state index in [1.54, 1.807) is 0 Å². The fraction of sp³-hybridized carbons (Fsp3) is 0.417. The molecule has 1 aromatic rings. The van der Waals surface area contributed by atoms with Crippen LogP contribution in [0.4, 0.5) is 5.69 Å². The first-order valence-electron chi connectivity index (χ1n) is 5.21. The van der Waals surface area contributed by atoms with Crippen LogP contribution >= 0.6 is 0 Å². The molecule has 74 valence electrons. The number of ketones is 1. The van der Waals surface area contributed by atoms with E-state index >= 15 is 0 Å². The van der Waals surface area contributed by atoms with E-state index in [-0.39, 0.29) is 5.78 Å². The van der Waals surface area contributed by atoms with Crippen LogP contribution < -0.4 is 5.32 Å². The normalized spacial score (nSPS) is 14.4. The van der Waals surface area contributed by atoms with Crippen molar-refractivity contribution < 1.29 is 4.79 Å². The van der Waals surface area contributed by atoms with Crippen LogP contribution in [0.1, 0.15) is 35.7 Å². The summed E-state index contributed by atoms with van der Waals surface area (Å²) in [6.07, 6.45) is 2.90. The SMILES string of the molecule is CCC(=O)c1ccc2c(c1)NCCC2. The number of rotatable bonds is 2. The van der Waals surface area contributed by atoms with Crippen LogP contribution in [0.2, 0.25) is 0 Å². The molecule has 14 heavy (non-hydrogen) atoms. The molecular formula is C12H15NO. The molecule has 2 heteroatoms. The molecule has 1 aliphatic rings. The second-order valence-corrected chi connectivity index (χ2v) is 3.68. The van der Waals surface area contributed by atoms with Crippen molar-refractivity contribution in [3.63, 3.8) is 0 Å². The Bertz CT molecular complexity index is 357. The van der Waals surface area contributed by atoms with Crippen LogP contribution in [-0.2, 0) is 6.42 Å². The van der Waals surface area contributed by atoms with Gasteiger partial charge >= 0.3 is 0 Å². The highest BCUT2D eigenvalue weighted by molar-refractivity contribution is 5.96. The molecule has 0 saturated carbocycles. The minimum Gasteiger partial charge on any atom is -0.385 e. The molecule has 0 spiro atoms. The van der Waals surface area contributed by atoms with E-state index in [1.807, 2.05) is 19.1 Å². The number of fused-ring (bicyclic) bond motifs is 1. The van der Waals surface area contributed by atoms with Crippen molar-refractivity contribution in [1.82, 2.24) is 0 Å². The lowest BCUT2D eigenvalue weighted by Gasteiger charge is -2.18. The number of hydrogen-bond acceptors (Lipinski definition) is 2. The third kappa shape index (κ3) is 1.65.